The first-order valence-electron chi connectivity index (χ1n) is 7.25. The topological polar surface area (TPSA) is 77.5 Å². The molecule has 1 unspecified atom stereocenters. The minimum absolute atomic E-state index is 0.299. The van der Waals surface area contributed by atoms with E-state index in [-0.39, 0.29) is 0 Å². The zero-order chi connectivity index (χ0) is 16.7. The van der Waals surface area contributed by atoms with Gasteiger partial charge in [-0.05, 0) is 50.2 Å². The summed E-state index contributed by atoms with van der Waals surface area (Å²) in [6, 6.07) is 10.2. The highest BCUT2D eigenvalue weighted by Gasteiger charge is 2.19. The van der Waals surface area contributed by atoms with Crippen molar-refractivity contribution in [3.63, 3.8) is 0 Å². The number of amides is 1. The van der Waals surface area contributed by atoms with Crippen LogP contribution in [0.5, 0.6) is 5.75 Å². The van der Waals surface area contributed by atoms with Gasteiger partial charge in [0.1, 0.15) is 5.75 Å². The predicted octanol–water partition coefficient (Wildman–Crippen LogP) is 2.66. The van der Waals surface area contributed by atoms with Crippen LogP contribution in [0.4, 0.5) is 5.69 Å². The molecule has 0 spiro atoms. The molecule has 0 radical (unpaired) electrons. The van der Waals surface area contributed by atoms with Crippen LogP contribution in [-0.2, 0) is 9.53 Å². The molecule has 0 saturated heterocycles. The number of benzene rings is 1. The van der Waals surface area contributed by atoms with Crippen LogP contribution in [0.2, 0.25) is 0 Å². The lowest BCUT2D eigenvalue weighted by molar-refractivity contribution is -0.123. The number of carbonyl (C=O) groups excluding carboxylic acids is 2. The Labute approximate surface area is 134 Å². The molecule has 120 valence electrons. The number of pyridine rings is 1. The maximum atomic E-state index is 12.1. The van der Waals surface area contributed by atoms with Gasteiger partial charge in [0.15, 0.2) is 6.10 Å². The average molecular weight is 314 g/mol. The van der Waals surface area contributed by atoms with Crippen LogP contribution >= 0.6 is 0 Å². The lowest BCUT2D eigenvalue weighted by atomic mass is 10.2. The summed E-state index contributed by atoms with van der Waals surface area (Å²) in [6.45, 7) is 3.99. The molecular weight excluding hydrogens is 296 g/mol. The number of rotatable bonds is 6. The van der Waals surface area contributed by atoms with Gasteiger partial charge in [-0.15, -0.1) is 0 Å². The second-order valence-electron chi connectivity index (χ2n) is 4.74. The molecule has 0 saturated carbocycles. The van der Waals surface area contributed by atoms with Crippen LogP contribution in [0.25, 0.3) is 0 Å². The molecule has 1 amide bonds. The van der Waals surface area contributed by atoms with Crippen molar-refractivity contribution >= 4 is 17.6 Å². The highest BCUT2D eigenvalue weighted by atomic mass is 16.5. The van der Waals surface area contributed by atoms with Crippen molar-refractivity contribution in [2.24, 2.45) is 0 Å². The Morgan fingerprint density at radius 3 is 2.57 bits per heavy atom. The van der Waals surface area contributed by atoms with Gasteiger partial charge >= 0.3 is 5.97 Å². The summed E-state index contributed by atoms with van der Waals surface area (Å²) in [5.74, 6) is -0.277. The number of hydrogen-bond acceptors (Lipinski definition) is 5. The first-order valence-corrected chi connectivity index (χ1v) is 7.25. The fraction of sp³-hybridized carbons (Fsp3) is 0.235. The largest absolute Gasteiger partial charge is 0.494 e. The highest BCUT2D eigenvalue weighted by Crippen LogP contribution is 2.16. The number of nitrogens with one attached hydrogen (secondary N) is 1. The summed E-state index contributed by atoms with van der Waals surface area (Å²) in [5.41, 5.74) is 0.899. The smallest absolute Gasteiger partial charge is 0.340 e. The SMILES string of the molecule is CCOc1ccc(NC(=O)C(C)OC(=O)c2cccnc2)cc1. The van der Waals surface area contributed by atoms with Crippen molar-refractivity contribution in [1.29, 1.82) is 0 Å². The third-order valence-electron chi connectivity index (χ3n) is 2.98. The quantitative estimate of drug-likeness (QED) is 0.829. The van der Waals surface area contributed by atoms with E-state index in [0.717, 1.165) is 5.75 Å². The molecule has 6 nitrogen and oxygen atoms in total. The Hall–Kier alpha value is -2.89. The number of esters is 1. The van der Waals surface area contributed by atoms with Crippen LogP contribution in [0.1, 0.15) is 24.2 Å². The molecule has 2 aromatic rings. The van der Waals surface area contributed by atoms with Gasteiger partial charge in [0.05, 0.1) is 12.2 Å². The van der Waals surface area contributed by atoms with E-state index in [1.54, 1.807) is 42.6 Å². The van der Waals surface area contributed by atoms with E-state index in [4.69, 9.17) is 9.47 Å². The van der Waals surface area contributed by atoms with E-state index in [0.29, 0.717) is 17.9 Å². The number of anilines is 1. The van der Waals surface area contributed by atoms with Gasteiger partial charge < -0.3 is 14.8 Å². The molecule has 0 aliphatic carbocycles. The Bertz CT molecular complexity index is 656. The zero-order valence-corrected chi connectivity index (χ0v) is 13.0. The van der Waals surface area contributed by atoms with E-state index in [1.165, 1.54) is 13.1 Å². The second kappa shape index (κ2) is 7.93. The molecule has 1 N–H and O–H groups in total. The third-order valence-corrected chi connectivity index (χ3v) is 2.98. The van der Waals surface area contributed by atoms with Gasteiger partial charge in [-0.3, -0.25) is 9.78 Å². The molecule has 1 heterocycles. The fourth-order valence-electron chi connectivity index (χ4n) is 1.81. The highest BCUT2D eigenvalue weighted by molar-refractivity contribution is 5.97. The van der Waals surface area contributed by atoms with Gasteiger partial charge in [-0.2, -0.15) is 0 Å². The third kappa shape index (κ3) is 4.81. The van der Waals surface area contributed by atoms with Crippen LogP contribution in [0.15, 0.2) is 48.8 Å². The standard InChI is InChI=1S/C17H18N2O4/c1-3-22-15-8-6-14(7-9-15)19-16(20)12(2)23-17(21)13-5-4-10-18-11-13/h4-12H,3H2,1-2H3,(H,19,20). The molecule has 0 fully saturated rings. The molecular formula is C17H18N2O4. The number of hydrogen-bond donors (Lipinski definition) is 1. The summed E-state index contributed by atoms with van der Waals surface area (Å²) in [4.78, 5) is 27.8. The fourth-order valence-corrected chi connectivity index (χ4v) is 1.81. The summed E-state index contributed by atoms with van der Waals surface area (Å²) >= 11 is 0. The Morgan fingerprint density at radius 2 is 1.96 bits per heavy atom. The van der Waals surface area contributed by atoms with E-state index < -0.39 is 18.0 Å². The first-order chi connectivity index (χ1) is 11.1. The lowest BCUT2D eigenvalue weighted by Gasteiger charge is -2.13. The number of aromatic nitrogens is 1. The molecule has 0 aliphatic heterocycles. The number of nitrogens with zero attached hydrogens (tertiary/aromatic N) is 1. The van der Waals surface area contributed by atoms with Gasteiger partial charge in [0.2, 0.25) is 0 Å². The Kier molecular flexibility index (Phi) is 5.68. The average Bonchev–Trinajstić information content (AvgIpc) is 2.57. The normalized spacial score (nSPS) is 11.4. The van der Waals surface area contributed by atoms with Crippen molar-refractivity contribution in [3.8, 4) is 5.75 Å². The molecule has 0 bridgehead atoms. The van der Waals surface area contributed by atoms with Gasteiger partial charge in [-0.1, -0.05) is 0 Å². The molecule has 0 aliphatic rings. The van der Waals surface area contributed by atoms with E-state index in [9.17, 15) is 9.59 Å². The molecule has 6 heteroatoms. The molecule has 2 rings (SSSR count). The summed E-state index contributed by atoms with van der Waals surface area (Å²) in [7, 11) is 0. The van der Waals surface area contributed by atoms with Gasteiger partial charge in [-0.25, -0.2) is 4.79 Å². The van der Waals surface area contributed by atoms with Crippen molar-refractivity contribution in [3.05, 3.63) is 54.4 Å². The first kappa shape index (κ1) is 16.5. The lowest BCUT2D eigenvalue weighted by Crippen LogP contribution is -2.30. The molecule has 1 atom stereocenters. The van der Waals surface area contributed by atoms with Crippen molar-refractivity contribution in [2.75, 3.05) is 11.9 Å². The monoisotopic (exact) mass is 314 g/mol. The van der Waals surface area contributed by atoms with Crippen molar-refractivity contribution in [1.82, 2.24) is 4.98 Å². The van der Waals surface area contributed by atoms with Gasteiger partial charge in [0.25, 0.3) is 5.91 Å². The predicted molar refractivity (Wildman–Crippen MR) is 85.4 cm³/mol. The maximum Gasteiger partial charge on any atom is 0.340 e. The number of carbonyl (C=O) groups is 2. The minimum atomic E-state index is -0.922. The minimum Gasteiger partial charge on any atom is -0.494 e. The van der Waals surface area contributed by atoms with Crippen LogP contribution in [0.3, 0.4) is 0 Å². The van der Waals surface area contributed by atoms with E-state index >= 15 is 0 Å². The van der Waals surface area contributed by atoms with Crippen molar-refractivity contribution < 1.29 is 19.1 Å². The molecule has 23 heavy (non-hydrogen) atoms. The molecule has 1 aromatic heterocycles. The van der Waals surface area contributed by atoms with Crippen LogP contribution < -0.4 is 10.1 Å². The summed E-state index contributed by atoms with van der Waals surface area (Å²) in [5, 5.41) is 2.68. The van der Waals surface area contributed by atoms with E-state index in [2.05, 4.69) is 10.3 Å². The summed E-state index contributed by atoms with van der Waals surface area (Å²) < 4.78 is 10.4. The van der Waals surface area contributed by atoms with Crippen LogP contribution in [0, 0.1) is 0 Å². The second-order valence-corrected chi connectivity index (χ2v) is 4.74. The Morgan fingerprint density at radius 1 is 1.22 bits per heavy atom. The van der Waals surface area contributed by atoms with Crippen molar-refractivity contribution in [2.45, 2.75) is 20.0 Å². The zero-order valence-electron chi connectivity index (χ0n) is 13.0. The summed E-state index contributed by atoms with van der Waals surface area (Å²) in [6.07, 6.45) is 2.02. The Balaban J connectivity index is 1.90. The molecule has 1 aromatic carbocycles. The van der Waals surface area contributed by atoms with Gasteiger partial charge in [0, 0.05) is 18.1 Å². The maximum absolute atomic E-state index is 12.1. The number of ether oxygens (including phenoxy) is 2. The van der Waals surface area contributed by atoms with E-state index in [1.807, 2.05) is 6.92 Å². The van der Waals surface area contributed by atoms with Crippen LogP contribution in [-0.4, -0.2) is 29.6 Å².